The van der Waals surface area contributed by atoms with Crippen LogP contribution in [0.2, 0.25) is 0 Å². The third-order valence-electron chi connectivity index (χ3n) is 4.87. The van der Waals surface area contributed by atoms with Crippen molar-refractivity contribution in [1.82, 2.24) is 4.31 Å². The summed E-state index contributed by atoms with van der Waals surface area (Å²) in [5.41, 5.74) is 1.74. The molecule has 0 bridgehead atoms. The molecular formula is C17H23BrN2O3S. The van der Waals surface area contributed by atoms with Gasteiger partial charge in [-0.15, -0.1) is 0 Å². The maximum Gasteiger partial charge on any atom is 0.244 e. The van der Waals surface area contributed by atoms with E-state index in [2.05, 4.69) is 15.9 Å². The summed E-state index contributed by atoms with van der Waals surface area (Å²) in [6.45, 7) is 4.65. The van der Waals surface area contributed by atoms with Crippen LogP contribution in [-0.2, 0) is 21.2 Å². The van der Waals surface area contributed by atoms with E-state index in [0.29, 0.717) is 17.6 Å². The van der Waals surface area contributed by atoms with Gasteiger partial charge in [0, 0.05) is 36.2 Å². The summed E-state index contributed by atoms with van der Waals surface area (Å²) < 4.78 is 28.4. The lowest BCUT2D eigenvalue weighted by molar-refractivity contribution is -0.116. The molecule has 1 aromatic carbocycles. The molecule has 0 spiro atoms. The van der Waals surface area contributed by atoms with E-state index in [0.717, 1.165) is 43.4 Å². The first-order chi connectivity index (χ1) is 11.3. The highest BCUT2D eigenvalue weighted by Crippen LogP contribution is 2.39. The minimum Gasteiger partial charge on any atom is -0.309 e. The van der Waals surface area contributed by atoms with E-state index in [1.165, 1.54) is 6.92 Å². The smallest absolute Gasteiger partial charge is 0.244 e. The Morgan fingerprint density at radius 3 is 2.38 bits per heavy atom. The van der Waals surface area contributed by atoms with Crippen LogP contribution in [0.4, 0.5) is 5.69 Å². The van der Waals surface area contributed by atoms with E-state index in [-0.39, 0.29) is 16.8 Å². The van der Waals surface area contributed by atoms with Gasteiger partial charge in [0.15, 0.2) is 0 Å². The summed E-state index contributed by atoms with van der Waals surface area (Å²) in [5, 5.41) is 0. The van der Waals surface area contributed by atoms with Gasteiger partial charge in [0.25, 0.3) is 0 Å². The fourth-order valence-electron chi connectivity index (χ4n) is 3.72. The Morgan fingerprint density at radius 1 is 1.17 bits per heavy atom. The van der Waals surface area contributed by atoms with Gasteiger partial charge >= 0.3 is 0 Å². The number of carbonyl (C=O) groups is 1. The van der Waals surface area contributed by atoms with Gasteiger partial charge in [-0.1, -0.05) is 12.8 Å². The van der Waals surface area contributed by atoms with Crippen LogP contribution in [-0.4, -0.2) is 37.8 Å². The van der Waals surface area contributed by atoms with E-state index in [9.17, 15) is 13.2 Å². The topological polar surface area (TPSA) is 57.7 Å². The monoisotopic (exact) mass is 414 g/mol. The molecule has 0 radical (unpaired) electrons. The molecule has 0 aromatic heterocycles. The van der Waals surface area contributed by atoms with Crippen LogP contribution in [0.25, 0.3) is 0 Å². The van der Waals surface area contributed by atoms with Crippen LogP contribution in [0.3, 0.4) is 0 Å². The van der Waals surface area contributed by atoms with Crippen LogP contribution in [0.5, 0.6) is 0 Å². The predicted octanol–water partition coefficient (Wildman–Crippen LogP) is 3.31. The molecular weight excluding hydrogens is 392 g/mol. The Balaban J connectivity index is 2.04. The first-order valence-electron chi connectivity index (χ1n) is 8.44. The molecule has 2 heterocycles. The summed E-state index contributed by atoms with van der Waals surface area (Å²) in [6, 6.07) is 3.59. The van der Waals surface area contributed by atoms with Crippen LogP contribution in [0, 0.1) is 0 Å². The highest BCUT2D eigenvalue weighted by Gasteiger charge is 2.34. The normalized spacial score (nSPS) is 22.3. The first-order valence-corrected chi connectivity index (χ1v) is 10.7. The van der Waals surface area contributed by atoms with Crippen LogP contribution >= 0.6 is 15.9 Å². The van der Waals surface area contributed by atoms with Crippen molar-refractivity contribution in [3.05, 3.63) is 22.2 Å². The fraction of sp³-hybridized carbons (Fsp3) is 0.588. The molecule has 5 nitrogen and oxygen atoms in total. The quantitative estimate of drug-likeness (QED) is 0.745. The summed E-state index contributed by atoms with van der Waals surface area (Å²) in [4.78, 5) is 13.9. The van der Waals surface area contributed by atoms with Crippen LogP contribution in [0.15, 0.2) is 21.5 Å². The van der Waals surface area contributed by atoms with Gasteiger partial charge in [0.1, 0.15) is 0 Å². The molecule has 132 valence electrons. The van der Waals surface area contributed by atoms with Crippen molar-refractivity contribution in [3.63, 3.8) is 0 Å². The molecule has 2 aliphatic rings. The second kappa shape index (κ2) is 6.77. The van der Waals surface area contributed by atoms with Crippen molar-refractivity contribution >= 4 is 37.5 Å². The number of sulfonamides is 1. The third-order valence-corrected chi connectivity index (χ3v) is 7.73. The standard InChI is InChI=1S/C17H23BrN2O3S/c1-12-9-14-10-15(18)17(11-16(14)20(12)13(2)21)24(22,23)19-7-5-3-4-6-8-19/h10-12H,3-9H2,1-2H3/t12-/m0/s1. The maximum absolute atomic E-state index is 13.1. The van der Waals surface area contributed by atoms with Crippen molar-refractivity contribution in [2.24, 2.45) is 0 Å². The SMILES string of the molecule is CC(=O)N1c2cc(S(=O)(=O)N3CCCCCC3)c(Br)cc2C[C@@H]1C. The average Bonchev–Trinajstić information content (AvgIpc) is 2.68. The molecule has 0 saturated carbocycles. The average molecular weight is 415 g/mol. The summed E-state index contributed by atoms with van der Waals surface area (Å²) in [7, 11) is -3.56. The number of hydrogen-bond acceptors (Lipinski definition) is 3. The van der Waals surface area contributed by atoms with E-state index in [4.69, 9.17) is 0 Å². The number of fused-ring (bicyclic) bond motifs is 1. The van der Waals surface area contributed by atoms with Crippen molar-refractivity contribution < 1.29 is 13.2 Å². The number of halogens is 1. The number of rotatable bonds is 2. The zero-order valence-electron chi connectivity index (χ0n) is 14.1. The fourth-order valence-corrected chi connectivity index (χ4v) is 6.30. The molecule has 1 aromatic rings. The van der Waals surface area contributed by atoms with Gasteiger partial charge in [0.2, 0.25) is 15.9 Å². The molecule has 2 aliphatic heterocycles. The molecule has 1 amide bonds. The van der Waals surface area contributed by atoms with Gasteiger partial charge in [-0.3, -0.25) is 4.79 Å². The Hall–Kier alpha value is -0.920. The molecule has 3 rings (SSSR count). The van der Waals surface area contributed by atoms with E-state index >= 15 is 0 Å². The first kappa shape index (κ1) is 17.9. The molecule has 1 fully saturated rings. The second-order valence-electron chi connectivity index (χ2n) is 6.67. The number of nitrogens with zero attached hydrogens (tertiary/aromatic N) is 2. The van der Waals surface area contributed by atoms with Crippen molar-refractivity contribution in [1.29, 1.82) is 0 Å². The van der Waals surface area contributed by atoms with Gasteiger partial charge in [0.05, 0.1) is 4.90 Å². The minimum absolute atomic E-state index is 0.0540. The predicted molar refractivity (Wildman–Crippen MR) is 97.7 cm³/mol. The van der Waals surface area contributed by atoms with Gasteiger partial charge in [-0.05, 0) is 59.8 Å². The molecule has 24 heavy (non-hydrogen) atoms. The molecule has 0 aliphatic carbocycles. The van der Waals surface area contributed by atoms with Crippen molar-refractivity contribution in [2.45, 2.75) is 56.9 Å². The number of benzene rings is 1. The zero-order chi connectivity index (χ0) is 17.5. The highest BCUT2D eigenvalue weighted by molar-refractivity contribution is 9.10. The second-order valence-corrected chi connectivity index (χ2v) is 9.43. The lowest BCUT2D eigenvalue weighted by atomic mass is 10.1. The Morgan fingerprint density at radius 2 is 1.79 bits per heavy atom. The minimum atomic E-state index is -3.56. The highest BCUT2D eigenvalue weighted by atomic mass is 79.9. The Bertz CT molecular complexity index is 755. The lowest BCUT2D eigenvalue weighted by Gasteiger charge is -2.23. The number of carbonyl (C=O) groups excluding carboxylic acids is 1. The molecule has 7 heteroatoms. The molecule has 1 atom stereocenters. The molecule has 0 N–H and O–H groups in total. The largest absolute Gasteiger partial charge is 0.309 e. The van der Waals surface area contributed by atoms with E-state index < -0.39 is 10.0 Å². The Kier molecular flexibility index (Phi) is 5.04. The van der Waals surface area contributed by atoms with E-state index in [1.807, 2.05) is 13.0 Å². The van der Waals surface area contributed by atoms with Crippen LogP contribution in [0.1, 0.15) is 45.1 Å². The molecule has 1 saturated heterocycles. The van der Waals surface area contributed by atoms with E-state index in [1.54, 1.807) is 15.3 Å². The van der Waals surface area contributed by atoms with Crippen LogP contribution < -0.4 is 4.90 Å². The third kappa shape index (κ3) is 3.13. The number of anilines is 1. The Labute approximate surface area is 152 Å². The number of hydrogen-bond donors (Lipinski definition) is 0. The summed E-state index contributed by atoms with van der Waals surface area (Å²) >= 11 is 3.44. The van der Waals surface area contributed by atoms with Gasteiger partial charge in [-0.25, -0.2) is 8.42 Å². The zero-order valence-corrected chi connectivity index (χ0v) is 16.5. The van der Waals surface area contributed by atoms with Crippen molar-refractivity contribution in [3.8, 4) is 0 Å². The maximum atomic E-state index is 13.1. The van der Waals surface area contributed by atoms with Gasteiger partial charge in [-0.2, -0.15) is 4.31 Å². The lowest BCUT2D eigenvalue weighted by Crippen LogP contribution is -2.34. The summed E-state index contributed by atoms with van der Waals surface area (Å²) in [6.07, 6.45) is 4.70. The van der Waals surface area contributed by atoms with Crippen molar-refractivity contribution in [2.75, 3.05) is 18.0 Å². The van der Waals surface area contributed by atoms with Gasteiger partial charge < -0.3 is 4.90 Å². The molecule has 0 unspecified atom stereocenters. The summed E-state index contributed by atoms with van der Waals surface area (Å²) in [5.74, 6) is -0.0540. The number of amides is 1.